The molecule has 0 aromatic rings. The molecule has 0 bridgehead atoms. The summed E-state index contributed by atoms with van der Waals surface area (Å²) in [6, 6.07) is -1.04. The van der Waals surface area contributed by atoms with Crippen LogP contribution in [0, 0.1) is 17.8 Å². The quantitative estimate of drug-likeness (QED) is 0.499. The molecule has 7 heteroatoms. The second kappa shape index (κ2) is 6.97. The van der Waals surface area contributed by atoms with Crippen LogP contribution >= 0.6 is 0 Å². The lowest BCUT2D eigenvalue weighted by Gasteiger charge is -2.23. The number of aliphatic hydroxyl groups is 1. The van der Waals surface area contributed by atoms with E-state index >= 15 is 0 Å². The Bertz CT molecular complexity index is 496. The molecule has 0 radical (unpaired) electrons. The van der Waals surface area contributed by atoms with Crippen LogP contribution in [-0.2, 0) is 14.4 Å². The number of rotatable bonds is 6. The van der Waals surface area contributed by atoms with Gasteiger partial charge in [-0.25, -0.2) is 0 Å². The van der Waals surface area contributed by atoms with Gasteiger partial charge in [-0.2, -0.15) is 0 Å². The third-order valence-corrected chi connectivity index (χ3v) is 5.57. The van der Waals surface area contributed by atoms with E-state index in [0.29, 0.717) is 24.8 Å². The van der Waals surface area contributed by atoms with Crippen LogP contribution in [0.15, 0.2) is 0 Å². The van der Waals surface area contributed by atoms with Crippen molar-refractivity contribution in [3.8, 4) is 0 Å². The van der Waals surface area contributed by atoms with Crippen LogP contribution in [0.4, 0.5) is 0 Å². The van der Waals surface area contributed by atoms with Crippen molar-refractivity contribution in [2.45, 2.75) is 44.2 Å². The minimum atomic E-state index is -0.788. The van der Waals surface area contributed by atoms with E-state index in [2.05, 4.69) is 16.0 Å². The van der Waals surface area contributed by atoms with Crippen LogP contribution in [-0.4, -0.2) is 54.5 Å². The SMILES string of the molecule is O=C(N[C@@H](C[C@@H]1CCNC1=O)C(=O)CO)C1NCC2CCCC21. The molecule has 23 heavy (non-hydrogen) atoms. The predicted octanol–water partition coefficient (Wildman–Crippen LogP) is -1.05. The molecule has 3 rings (SSSR count). The highest BCUT2D eigenvalue weighted by molar-refractivity contribution is 5.92. The number of fused-ring (bicyclic) bond motifs is 1. The second-order valence-electron chi connectivity index (χ2n) is 6.94. The highest BCUT2D eigenvalue weighted by Gasteiger charge is 2.43. The first-order valence-corrected chi connectivity index (χ1v) is 8.55. The molecule has 1 saturated carbocycles. The number of carbonyl (C=O) groups excluding carboxylic acids is 3. The van der Waals surface area contributed by atoms with Crippen molar-refractivity contribution in [3.05, 3.63) is 0 Å². The number of ketones is 1. The van der Waals surface area contributed by atoms with Gasteiger partial charge in [0.1, 0.15) is 6.61 Å². The number of aliphatic hydroxyl groups excluding tert-OH is 1. The molecule has 2 saturated heterocycles. The van der Waals surface area contributed by atoms with E-state index in [9.17, 15) is 14.4 Å². The third kappa shape index (κ3) is 3.40. The van der Waals surface area contributed by atoms with E-state index in [1.807, 2.05) is 0 Å². The van der Waals surface area contributed by atoms with Gasteiger partial charge in [-0.05, 0) is 44.1 Å². The molecule has 2 amide bonds. The van der Waals surface area contributed by atoms with Crippen molar-refractivity contribution >= 4 is 17.6 Å². The Balaban J connectivity index is 1.62. The topological polar surface area (TPSA) is 108 Å². The summed E-state index contributed by atoms with van der Waals surface area (Å²) < 4.78 is 0. The molecular weight excluding hydrogens is 298 g/mol. The largest absolute Gasteiger partial charge is 0.389 e. The van der Waals surface area contributed by atoms with E-state index in [0.717, 1.165) is 25.8 Å². The minimum absolute atomic E-state index is 0.0789. The summed E-state index contributed by atoms with van der Waals surface area (Å²) in [6.45, 7) is 0.835. The second-order valence-corrected chi connectivity index (χ2v) is 6.94. The van der Waals surface area contributed by atoms with Gasteiger partial charge in [-0.15, -0.1) is 0 Å². The van der Waals surface area contributed by atoms with Crippen molar-refractivity contribution in [1.82, 2.24) is 16.0 Å². The fraction of sp³-hybridized carbons (Fsp3) is 0.812. The fourth-order valence-corrected chi connectivity index (χ4v) is 4.27. The lowest BCUT2D eigenvalue weighted by atomic mass is 9.92. The van der Waals surface area contributed by atoms with Crippen molar-refractivity contribution < 1.29 is 19.5 Å². The maximum Gasteiger partial charge on any atom is 0.238 e. The summed E-state index contributed by atoms with van der Waals surface area (Å²) in [4.78, 5) is 36.2. The molecule has 0 aromatic heterocycles. The maximum atomic E-state index is 12.6. The van der Waals surface area contributed by atoms with E-state index in [-0.39, 0.29) is 30.2 Å². The van der Waals surface area contributed by atoms with Gasteiger partial charge in [-0.1, -0.05) is 6.42 Å². The Morgan fingerprint density at radius 2 is 2.13 bits per heavy atom. The van der Waals surface area contributed by atoms with E-state index in [4.69, 9.17) is 5.11 Å². The van der Waals surface area contributed by atoms with Crippen LogP contribution in [0.25, 0.3) is 0 Å². The summed E-state index contributed by atoms with van der Waals surface area (Å²) >= 11 is 0. The van der Waals surface area contributed by atoms with E-state index in [1.54, 1.807) is 0 Å². The van der Waals surface area contributed by atoms with Crippen molar-refractivity contribution in [1.29, 1.82) is 0 Å². The highest BCUT2D eigenvalue weighted by atomic mass is 16.3. The first kappa shape index (κ1) is 16.4. The molecule has 2 heterocycles. The van der Waals surface area contributed by atoms with Gasteiger partial charge in [0.15, 0.2) is 5.78 Å². The lowest BCUT2D eigenvalue weighted by molar-refractivity contribution is -0.132. The highest BCUT2D eigenvalue weighted by Crippen LogP contribution is 2.37. The molecular formula is C16H25N3O4. The number of carbonyl (C=O) groups is 3. The predicted molar refractivity (Wildman–Crippen MR) is 82.4 cm³/mol. The van der Waals surface area contributed by atoms with Gasteiger partial charge in [0.05, 0.1) is 12.1 Å². The molecule has 3 aliphatic rings. The van der Waals surface area contributed by atoms with Gasteiger partial charge in [0.25, 0.3) is 0 Å². The fourth-order valence-electron chi connectivity index (χ4n) is 4.27. The van der Waals surface area contributed by atoms with Gasteiger partial charge in [0, 0.05) is 12.5 Å². The van der Waals surface area contributed by atoms with Gasteiger partial charge < -0.3 is 21.1 Å². The van der Waals surface area contributed by atoms with Crippen molar-refractivity contribution in [2.24, 2.45) is 17.8 Å². The number of hydrogen-bond acceptors (Lipinski definition) is 5. The number of hydrogen-bond donors (Lipinski definition) is 4. The number of nitrogens with one attached hydrogen (secondary N) is 3. The summed E-state index contributed by atoms with van der Waals surface area (Å²) in [5, 5.41) is 17.9. The van der Waals surface area contributed by atoms with Gasteiger partial charge >= 0.3 is 0 Å². The molecule has 1 aliphatic carbocycles. The maximum absolute atomic E-state index is 12.6. The Morgan fingerprint density at radius 1 is 1.30 bits per heavy atom. The Morgan fingerprint density at radius 3 is 2.83 bits per heavy atom. The molecule has 5 atom stereocenters. The summed E-state index contributed by atoms with van der Waals surface area (Å²) in [5.41, 5.74) is 0. The van der Waals surface area contributed by atoms with E-state index in [1.165, 1.54) is 0 Å². The first-order valence-electron chi connectivity index (χ1n) is 8.55. The van der Waals surface area contributed by atoms with Crippen LogP contribution in [0.1, 0.15) is 32.1 Å². The van der Waals surface area contributed by atoms with Crippen LogP contribution < -0.4 is 16.0 Å². The molecule has 7 nitrogen and oxygen atoms in total. The smallest absolute Gasteiger partial charge is 0.238 e. The van der Waals surface area contributed by atoms with Crippen molar-refractivity contribution in [2.75, 3.05) is 19.7 Å². The monoisotopic (exact) mass is 323 g/mol. The lowest BCUT2D eigenvalue weighted by Crippen LogP contribution is -2.51. The van der Waals surface area contributed by atoms with E-state index < -0.39 is 18.4 Å². The standard InChI is InChI=1S/C16H25N3O4/c20-8-13(21)12(6-9-4-5-17-15(9)22)19-16(23)14-11-3-1-2-10(11)7-18-14/h9-12,14,18,20H,1-8H2,(H,17,22)(H,19,23)/t9-,10?,11?,12-,14?/m0/s1. The zero-order valence-corrected chi connectivity index (χ0v) is 13.2. The van der Waals surface area contributed by atoms with Crippen LogP contribution in [0.5, 0.6) is 0 Å². The van der Waals surface area contributed by atoms with Gasteiger partial charge in [-0.3, -0.25) is 14.4 Å². The minimum Gasteiger partial charge on any atom is -0.389 e. The third-order valence-electron chi connectivity index (χ3n) is 5.57. The zero-order chi connectivity index (χ0) is 16.4. The Hall–Kier alpha value is -1.47. The number of Topliss-reactive ketones (excluding diaryl/α,β-unsaturated/α-hetero) is 1. The number of amides is 2. The molecule has 2 aliphatic heterocycles. The first-order chi connectivity index (χ1) is 11.1. The molecule has 4 N–H and O–H groups in total. The average Bonchev–Trinajstić information content (AvgIpc) is 3.23. The summed E-state index contributed by atoms with van der Waals surface area (Å²) in [6.07, 6.45) is 4.28. The normalized spacial score (nSPS) is 34.0. The summed E-state index contributed by atoms with van der Waals surface area (Å²) in [7, 11) is 0. The zero-order valence-electron chi connectivity index (χ0n) is 13.2. The Kier molecular flexibility index (Phi) is 4.96. The Labute approximate surface area is 135 Å². The van der Waals surface area contributed by atoms with Crippen LogP contribution in [0.2, 0.25) is 0 Å². The van der Waals surface area contributed by atoms with Crippen LogP contribution in [0.3, 0.4) is 0 Å². The molecule has 0 aromatic carbocycles. The average molecular weight is 323 g/mol. The summed E-state index contributed by atoms with van der Waals surface area (Å²) in [5.74, 6) is -0.0620. The molecule has 3 unspecified atom stereocenters. The molecule has 0 spiro atoms. The molecule has 128 valence electrons. The van der Waals surface area contributed by atoms with Crippen molar-refractivity contribution in [3.63, 3.8) is 0 Å². The molecule has 3 fully saturated rings. The van der Waals surface area contributed by atoms with Gasteiger partial charge in [0.2, 0.25) is 11.8 Å².